The highest BCUT2D eigenvalue weighted by molar-refractivity contribution is 5.55. The van der Waals surface area contributed by atoms with Crippen LogP contribution in [0.1, 0.15) is 12.0 Å². The molecular formula is C13H21N3O5. The Balaban J connectivity index is 2.33. The first-order chi connectivity index (χ1) is 10.2. The average molecular weight is 299 g/mol. The van der Waals surface area contributed by atoms with Gasteiger partial charge in [0.25, 0.3) is 5.69 Å². The molecule has 0 amide bonds. The molecule has 118 valence electrons. The van der Waals surface area contributed by atoms with Crippen molar-refractivity contribution in [3.05, 3.63) is 33.9 Å². The highest BCUT2D eigenvalue weighted by Crippen LogP contribution is 2.22. The van der Waals surface area contributed by atoms with E-state index in [0.717, 1.165) is 6.42 Å². The molecular weight excluding hydrogens is 278 g/mol. The molecule has 1 rings (SSSR count). The molecule has 0 saturated carbocycles. The molecule has 0 bridgehead atoms. The Kier molecular flexibility index (Phi) is 8.29. The summed E-state index contributed by atoms with van der Waals surface area (Å²) < 4.78 is 15.6. The maximum Gasteiger partial charge on any atom is 0.269 e. The van der Waals surface area contributed by atoms with Crippen molar-refractivity contribution in [3.8, 4) is 0 Å². The number of nitro benzene ring substituents is 1. The van der Waals surface area contributed by atoms with Crippen LogP contribution in [0, 0.1) is 10.1 Å². The first-order valence-corrected chi connectivity index (χ1v) is 6.57. The van der Waals surface area contributed by atoms with E-state index in [9.17, 15) is 10.1 Å². The average Bonchev–Trinajstić information content (AvgIpc) is 2.49. The summed E-state index contributed by atoms with van der Waals surface area (Å²) >= 11 is 0. The summed E-state index contributed by atoms with van der Waals surface area (Å²) in [5, 5.41) is 10.7. The summed E-state index contributed by atoms with van der Waals surface area (Å²) in [7, 11) is 1.62. The first-order valence-electron chi connectivity index (χ1n) is 6.57. The van der Waals surface area contributed by atoms with Crippen LogP contribution in [0.15, 0.2) is 18.2 Å². The number of benzene rings is 1. The number of ether oxygens (including phenoxy) is 3. The van der Waals surface area contributed by atoms with Crippen LogP contribution in [0.3, 0.4) is 0 Å². The third-order valence-corrected chi connectivity index (χ3v) is 2.72. The highest BCUT2D eigenvalue weighted by atomic mass is 16.6. The zero-order valence-electron chi connectivity index (χ0n) is 12.0. The summed E-state index contributed by atoms with van der Waals surface area (Å²) in [6.07, 6.45) is 0.740. The lowest BCUT2D eigenvalue weighted by Gasteiger charge is -2.09. The van der Waals surface area contributed by atoms with E-state index in [-0.39, 0.29) is 12.3 Å². The minimum absolute atomic E-state index is 0.00972. The number of anilines is 1. The minimum Gasteiger partial charge on any atom is -0.382 e. The van der Waals surface area contributed by atoms with Gasteiger partial charge in [0.15, 0.2) is 0 Å². The monoisotopic (exact) mass is 299 g/mol. The summed E-state index contributed by atoms with van der Waals surface area (Å²) in [4.78, 5) is 10.3. The molecule has 21 heavy (non-hydrogen) atoms. The Morgan fingerprint density at radius 3 is 2.67 bits per heavy atom. The second-order valence-corrected chi connectivity index (χ2v) is 4.25. The van der Waals surface area contributed by atoms with E-state index >= 15 is 0 Å². The predicted octanol–water partition coefficient (Wildman–Crippen LogP) is 1.45. The molecule has 0 atom stereocenters. The van der Waals surface area contributed by atoms with Gasteiger partial charge in [-0.15, -0.1) is 0 Å². The topological polar surface area (TPSA) is 109 Å². The Bertz CT molecular complexity index is 442. The highest BCUT2D eigenvalue weighted by Gasteiger charge is 2.10. The van der Waals surface area contributed by atoms with Crippen LogP contribution in [0.5, 0.6) is 0 Å². The molecule has 1 aromatic rings. The fraction of sp³-hybridized carbons (Fsp3) is 0.538. The molecule has 0 saturated heterocycles. The van der Waals surface area contributed by atoms with Crippen LogP contribution < -0.4 is 11.3 Å². The molecule has 8 nitrogen and oxygen atoms in total. The van der Waals surface area contributed by atoms with Crippen molar-refractivity contribution in [1.82, 2.24) is 0 Å². The van der Waals surface area contributed by atoms with Crippen molar-refractivity contribution in [2.24, 2.45) is 5.84 Å². The third-order valence-electron chi connectivity index (χ3n) is 2.72. The largest absolute Gasteiger partial charge is 0.382 e. The number of nitrogens with one attached hydrogen (secondary N) is 1. The van der Waals surface area contributed by atoms with Gasteiger partial charge in [0.05, 0.1) is 30.4 Å². The first kappa shape index (κ1) is 17.3. The number of methoxy groups -OCH3 is 1. The van der Waals surface area contributed by atoms with Crippen LogP contribution >= 0.6 is 0 Å². The SMILES string of the molecule is COCCOCCCOCc1cc([N+](=O)[O-])ccc1NN. The molecule has 1 aromatic carbocycles. The number of nitrogens with zero attached hydrogens (tertiary/aromatic N) is 1. The number of hydrazine groups is 1. The second kappa shape index (κ2) is 10.1. The van der Waals surface area contributed by atoms with Gasteiger partial charge >= 0.3 is 0 Å². The number of hydrogen-bond acceptors (Lipinski definition) is 7. The van der Waals surface area contributed by atoms with Crippen molar-refractivity contribution in [2.75, 3.05) is 39.0 Å². The Labute approximate surface area is 123 Å². The summed E-state index contributed by atoms with van der Waals surface area (Å²) in [6.45, 7) is 2.46. The Hall–Kier alpha value is -1.74. The number of nitrogen functional groups attached to an aromatic ring is 1. The van der Waals surface area contributed by atoms with Gasteiger partial charge in [0.1, 0.15) is 0 Å². The van der Waals surface area contributed by atoms with E-state index in [4.69, 9.17) is 20.1 Å². The van der Waals surface area contributed by atoms with Crippen LogP contribution in [-0.2, 0) is 20.8 Å². The van der Waals surface area contributed by atoms with Gasteiger partial charge in [0, 0.05) is 38.0 Å². The molecule has 3 N–H and O–H groups in total. The molecule has 0 fully saturated rings. The normalized spacial score (nSPS) is 10.6. The Morgan fingerprint density at radius 2 is 2.00 bits per heavy atom. The fourth-order valence-electron chi connectivity index (χ4n) is 1.64. The van der Waals surface area contributed by atoms with Crippen LogP contribution in [0.4, 0.5) is 11.4 Å². The minimum atomic E-state index is -0.451. The van der Waals surface area contributed by atoms with Crippen LogP contribution in [0.2, 0.25) is 0 Å². The molecule has 0 aliphatic heterocycles. The maximum absolute atomic E-state index is 10.7. The number of nitro groups is 1. The van der Waals surface area contributed by atoms with Gasteiger partial charge < -0.3 is 19.6 Å². The molecule has 0 heterocycles. The molecule has 0 spiro atoms. The number of hydrogen-bond donors (Lipinski definition) is 2. The quantitative estimate of drug-likeness (QED) is 0.275. The van der Waals surface area contributed by atoms with Gasteiger partial charge in [-0.05, 0) is 12.5 Å². The third kappa shape index (κ3) is 6.50. The van der Waals surface area contributed by atoms with Gasteiger partial charge in [-0.1, -0.05) is 0 Å². The summed E-state index contributed by atoms with van der Waals surface area (Å²) in [5.41, 5.74) is 3.76. The van der Waals surface area contributed by atoms with Crippen LogP contribution in [-0.4, -0.2) is 38.5 Å². The van der Waals surface area contributed by atoms with Crippen molar-refractivity contribution < 1.29 is 19.1 Å². The standard InChI is InChI=1S/C13H21N3O5/c1-19-7-8-20-5-2-6-21-10-11-9-12(16(17)18)3-4-13(11)15-14/h3-4,9,15H,2,5-8,10,14H2,1H3. The maximum atomic E-state index is 10.7. The lowest BCUT2D eigenvalue weighted by atomic mass is 10.1. The summed E-state index contributed by atoms with van der Waals surface area (Å²) in [5.74, 6) is 5.37. The number of non-ortho nitro benzene ring substituents is 1. The molecule has 0 unspecified atom stereocenters. The second-order valence-electron chi connectivity index (χ2n) is 4.25. The van der Waals surface area contributed by atoms with Crippen molar-refractivity contribution >= 4 is 11.4 Å². The number of nitrogens with two attached hydrogens (primary N) is 1. The van der Waals surface area contributed by atoms with Crippen molar-refractivity contribution in [3.63, 3.8) is 0 Å². The van der Waals surface area contributed by atoms with E-state index in [2.05, 4.69) is 5.43 Å². The van der Waals surface area contributed by atoms with E-state index in [1.54, 1.807) is 13.2 Å². The van der Waals surface area contributed by atoms with Gasteiger partial charge in [-0.25, -0.2) is 0 Å². The summed E-state index contributed by atoms with van der Waals surface area (Å²) in [6, 6.07) is 4.40. The molecule has 0 aromatic heterocycles. The van der Waals surface area contributed by atoms with Crippen LogP contribution in [0.25, 0.3) is 0 Å². The van der Waals surface area contributed by atoms with Gasteiger partial charge in [0.2, 0.25) is 0 Å². The zero-order valence-corrected chi connectivity index (χ0v) is 12.0. The van der Waals surface area contributed by atoms with E-state index in [1.165, 1.54) is 12.1 Å². The fourth-order valence-corrected chi connectivity index (χ4v) is 1.64. The smallest absolute Gasteiger partial charge is 0.269 e. The van der Waals surface area contributed by atoms with Gasteiger partial charge in [-0.3, -0.25) is 16.0 Å². The molecule has 0 radical (unpaired) electrons. The van der Waals surface area contributed by atoms with E-state index in [0.29, 0.717) is 37.7 Å². The van der Waals surface area contributed by atoms with Gasteiger partial charge in [-0.2, -0.15) is 0 Å². The molecule has 0 aliphatic carbocycles. The van der Waals surface area contributed by atoms with E-state index < -0.39 is 4.92 Å². The lowest BCUT2D eigenvalue weighted by molar-refractivity contribution is -0.384. The van der Waals surface area contributed by atoms with E-state index in [1.807, 2.05) is 0 Å². The predicted molar refractivity (Wildman–Crippen MR) is 77.9 cm³/mol. The molecule has 8 heteroatoms. The zero-order chi connectivity index (χ0) is 15.5. The lowest BCUT2D eigenvalue weighted by Crippen LogP contribution is -2.11. The molecule has 0 aliphatic rings. The number of rotatable bonds is 11. The van der Waals surface area contributed by atoms with Crippen molar-refractivity contribution in [2.45, 2.75) is 13.0 Å². The van der Waals surface area contributed by atoms with Crippen molar-refractivity contribution in [1.29, 1.82) is 0 Å². The Morgan fingerprint density at radius 1 is 1.24 bits per heavy atom.